The fourth-order valence-corrected chi connectivity index (χ4v) is 3.55. The van der Waals surface area contributed by atoms with Crippen molar-refractivity contribution in [3.8, 4) is 11.1 Å². The number of amides is 1. The average Bonchev–Trinajstić information content (AvgIpc) is 2.96. The van der Waals surface area contributed by atoms with Crippen LogP contribution >= 0.6 is 0 Å². The molecule has 2 atom stereocenters. The third-order valence-electron chi connectivity index (χ3n) is 5.18. The van der Waals surface area contributed by atoms with Crippen LogP contribution in [-0.2, 0) is 9.53 Å². The van der Waals surface area contributed by atoms with Gasteiger partial charge in [-0.05, 0) is 36.1 Å². The van der Waals surface area contributed by atoms with Gasteiger partial charge >= 0.3 is 12.1 Å². The van der Waals surface area contributed by atoms with Crippen LogP contribution in [0.25, 0.3) is 11.1 Å². The van der Waals surface area contributed by atoms with Crippen molar-refractivity contribution in [3.05, 3.63) is 59.7 Å². The van der Waals surface area contributed by atoms with Crippen LogP contribution in [0.5, 0.6) is 0 Å². The third kappa shape index (κ3) is 2.45. The van der Waals surface area contributed by atoms with Crippen LogP contribution < -0.4 is 0 Å². The fourth-order valence-electron chi connectivity index (χ4n) is 3.55. The Hall–Kier alpha value is -2.86. The molecule has 0 heterocycles. The first kappa shape index (κ1) is 17.9. The van der Waals surface area contributed by atoms with Crippen LogP contribution in [0.3, 0.4) is 0 Å². The van der Waals surface area contributed by atoms with Gasteiger partial charge in [0.15, 0.2) is 5.54 Å². The molecule has 2 aromatic carbocycles. The smallest absolute Gasteiger partial charge is 0.411 e. The van der Waals surface area contributed by atoms with Crippen molar-refractivity contribution in [1.82, 2.24) is 4.90 Å². The highest BCUT2D eigenvalue weighted by atomic mass is 16.5. The summed E-state index contributed by atoms with van der Waals surface area (Å²) in [5, 5.41) is 20.1. The predicted octanol–water partition coefficient (Wildman–Crippen LogP) is 3.05. The van der Waals surface area contributed by atoms with E-state index in [-0.39, 0.29) is 0 Å². The number of ether oxygens (including phenoxy) is 1. The second kappa shape index (κ2) is 6.46. The maximum Gasteiger partial charge on any atom is 0.411 e. The van der Waals surface area contributed by atoms with Gasteiger partial charge in [0.1, 0.15) is 0 Å². The molecule has 6 heteroatoms. The van der Waals surface area contributed by atoms with Gasteiger partial charge in [-0.3, -0.25) is 4.90 Å². The molecule has 0 aromatic heterocycles. The summed E-state index contributed by atoms with van der Waals surface area (Å²) in [6, 6.07) is 14.4. The molecule has 0 fully saturated rings. The number of methoxy groups -OCH3 is 1. The number of hydrogen-bond acceptors (Lipinski definition) is 4. The molecule has 3 rings (SSSR count). The van der Waals surface area contributed by atoms with Gasteiger partial charge in [-0.15, -0.1) is 0 Å². The molecule has 0 saturated heterocycles. The minimum atomic E-state index is -1.87. The SMILES string of the molecule is COC(=O)N(C1c2ccccc2-c2ccccc21)C(C)(C(=O)O)C(C)O. The normalized spacial score (nSPS) is 16.2. The summed E-state index contributed by atoms with van der Waals surface area (Å²) in [6.07, 6.45) is -2.13. The van der Waals surface area contributed by atoms with E-state index in [1.165, 1.54) is 21.0 Å². The Balaban J connectivity index is 2.29. The van der Waals surface area contributed by atoms with Crippen molar-refractivity contribution >= 4 is 12.1 Å². The Labute approximate surface area is 151 Å². The number of aliphatic hydroxyl groups excluding tert-OH is 1. The van der Waals surface area contributed by atoms with Gasteiger partial charge in [0.25, 0.3) is 0 Å². The Morgan fingerprint density at radius 3 is 1.92 bits per heavy atom. The van der Waals surface area contributed by atoms with Crippen molar-refractivity contribution in [3.63, 3.8) is 0 Å². The summed E-state index contributed by atoms with van der Waals surface area (Å²) in [5.41, 5.74) is 1.59. The second-order valence-corrected chi connectivity index (χ2v) is 6.55. The van der Waals surface area contributed by atoms with E-state index in [0.717, 1.165) is 27.2 Å². The van der Waals surface area contributed by atoms with E-state index in [9.17, 15) is 19.8 Å². The topological polar surface area (TPSA) is 87.1 Å². The van der Waals surface area contributed by atoms with Crippen molar-refractivity contribution < 1.29 is 24.5 Å². The van der Waals surface area contributed by atoms with Gasteiger partial charge < -0.3 is 14.9 Å². The molecule has 0 radical (unpaired) electrons. The molecule has 26 heavy (non-hydrogen) atoms. The summed E-state index contributed by atoms with van der Waals surface area (Å²) in [6.45, 7) is 2.69. The number of aliphatic carboxylic acids is 1. The number of carboxylic acid groups (broad SMARTS) is 1. The third-order valence-corrected chi connectivity index (χ3v) is 5.18. The number of carboxylic acids is 1. The van der Waals surface area contributed by atoms with Crippen LogP contribution in [0.15, 0.2) is 48.5 Å². The predicted molar refractivity (Wildman–Crippen MR) is 95.7 cm³/mol. The lowest BCUT2D eigenvalue weighted by Gasteiger charge is -2.42. The Kier molecular flexibility index (Phi) is 4.46. The fraction of sp³-hybridized carbons (Fsp3) is 0.300. The van der Waals surface area contributed by atoms with Gasteiger partial charge in [-0.25, -0.2) is 9.59 Å². The first-order chi connectivity index (χ1) is 12.3. The molecular weight excluding hydrogens is 334 g/mol. The zero-order valence-corrected chi connectivity index (χ0v) is 14.8. The van der Waals surface area contributed by atoms with Crippen LogP contribution in [0, 0.1) is 0 Å². The lowest BCUT2D eigenvalue weighted by molar-refractivity contribution is -0.157. The van der Waals surface area contributed by atoms with Gasteiger partial charge in [0, 0.05) is 0 Å². The van der Waals surface area contributed by atoms with Crippen molar-refractivity contribution in [2.24, 2.45) is 0 Å². The molecule has 136 valence electrons. The molecule has 0 spiro atoms. The quantitative estimate of drug-likeness (QED) is 0.880. The summed E-state index contributed by atoms with van der Waals surface area (Å²) in [5.74, 6) is -1.31. The van der Waals surface area contributed by atoms with E-state index >= 15 is 0 Å². The van der Waals surface area contributed by atoms with E-state index < -0.39 is 29.7 Å². The number of hydrogen-bond donors (Lipinski definition) is 2. The number of rotatable bonds is 4. The molecule has 0 saturated carbocycles. The van der Waals surface area contributed by atoms with Crippen molar-refractivity contribution in [2.75, 3.05) is 7.11 Å². The number of aliphatic hydroxyl groups is 1. The molecule has 6 nitrogen and oxygen atoms in total. The van der Waals surface area contributed by atoms with E-state index in [2.05, 4.69) is 0 Å². The summed E-state index contributed by atoms with van der Waals surface area (Å²) in [4.78, 5) is 25.9. The highest BCUT2D eigenvalue weighted by molar-refractivity contribution is 5.88. The van der Waals surface area contributed by atoms with Gasteiger partial charge in [0.2, 0.25) is 0 Å². The first-order valence-electron chi connectivity index (χ1n) is 8.31. The van der Waals surface area contributed by atoms with Crippen LogP contribution in [0.1, 0.15) is 31.0 Å². The zero-order valence-electron chi connectivity index (χ0n) is 14.8. The minimum Gasteiger partial charge on any atom is -0.479 e. The monoisotopic (exact) mass is 355 g/mol. The number of benzene rings is 2. The summed E-state index contributed by atoms with van der Waals surface area (Å²) in [7, 11) is 1.20. The van der Waals surface area contributed by atoms with E-state index in [1.54, 1.807) is 0 Å². The zero-order chi connectivity index (χ0) is 19.1. The molecule has 2 N–H and O–H groups in total. The molecule has 0 bridgehead atoms. The molecule has 2 unspecified atom stereocenters. The highest BCUT2D eigenvalue weighted by Crippen LogP contribution is 2.48. The number of fused-ring (bicyclic) bond motifs is 3. The van der Waals surface area contributed by atoms with E-state index in [4.69, 9.17) is 4.74 Å². The maximum absolute atomic E-state index is 12.7. The van der Waals surface area contributed by atoms with Crippen LogP contribution in [0.2, 0.25) is 0 Å². The molecule has 0 aliphatic heterocycles. The molecule has 2 aromatic rings. The molecule has 1 aliphatic carbocycles. The number of carbonyl (C=O) groups is 2. The van der Waals surface area contributed by atoms with Gasteiger partial charge in [-0.1, -0.05) is 48.5 Å². The Morgan fingerprint density at radius 2 is 1.54 bits per heavy atom. The highest BCUT2D eigenvalue weighted by Gasteiger charge is 2.52. The largest absolute Gasteiger partial charge is 0.479 e. The lowest BCUT2D eigenvalue weighted by atomic mass is 9.89. The standard InChI is InChI=1S/C20H21NO5/c1-12(22)20(2,18(23)24)21(19(25)26-3)17-15-10-6-4-8-13(15)14-9-5-7-11-16(14)17/h4-12,17,22H,1-3H3,(H,23,24). The van der Waals surface area contributed by atoms with E-state index in [1.807, 2.05) is 48.5 Å². The van der Waals surface area contributed by atoms with Crippen molar-refractivity contribution in [2.45, 2.75) is 31.5 Å². The Morgan fingerprint density at radius 1 is 1.08 bits per heavy atom. The Bertz CT molecular complexity index is 817. The number of carbonyl (C=O) groups excluding carboxylic acids is 1. The summed E-state index contributed by atoms with van der Waals surface area (Å²) < 4.78 is 4.91. The number of nitrogens with zero attached hydrogens (tertiary/aromatic N) is 1. The maximum atomic E-state index is 12.7. The molecule has 1 amide bonds. The van der Waals surface area contributed by atoms with Crippen LogP contribution in [0.4, 0.5) is 4.79 Å². The molecular formula is C20H21NO5. The van der Waals surface area contributed by atoms with Crippen molar-refractivity contribution in [1.29, 1.82) is 0 Å². The van der Waals surface area contributed by atoms with Gasteiger partial charge in [-0.2, -0.15) is 0 Å². The average molecular weight is 355 g/mol. The molecule has 1 aliphatic rings. The van der Waals surface area contributed by atoms with E-state index in [0.29, 0.717) is 0 Å². The second-order valence-electron chi connectivity index (χ2n) is 6.55. The first-order valence-corrected chi connectivity index (χ1v) is 8.31. The minimum absolute atomic E-state index is 0.675. The van der Waals surface area contributed by atoms with Crippen LogP contribution in [-0.4, -0.2) is 45.9 Å². The van der Waals surface area contributed by atoms with Gasteiger partial charge in [0.05, 0.1) is 19.3 Å². The lowest BCUT2D eigenvalue weighted by Crippen LogP contribution is -2.62. The summed E-state index contributed by atoms with van der Waals surface area (Å²) >= 11 is 0.